The number of hydrogen-bond acceptors (Lipinski definition) is 3. The molecule has 1 heterocycles. The van der Waals surface area contributed by atoms with Crippen molar-refractivity contribution in [2.75, 3.05) is 25.6 Å². The number of methoxy groups -OCH3 is 1. The Morgan fingerprint density at radius 3 is 3.11 bits per heavy atom. The van der Waals surface area contributed by atoms with Gasteiger partial charge in [-0.1, -0.05) is 23.7 Å². The first kappa shape index (κ1) is 12.9. The second-order valence-electron chi connectivity index (χ2n) is 3.93. The zero-order valence-electron chi connectivity index (χ0n) is 10.3. The third kappa shape index (κ3) is 3.48. The van der Waals surface area contributed by atoms with E-state index in [0.29, 0.717) is 6.61 Å². The fourth-order valence-corrected chi connectivity index (χ4v) is 1.91. The van der Waals surface area contributed by atoms with Crippen molar-refractivity contribution in [3.63, 3.8) is 0 Å². The van der Waals surface area contributed by atoms with Crippen molar-refractivity contribution in [3.05, 3.63) is 47.2 Å². The highest BCUT2D eigenvalue weighted by Crippen LogP contribution is 2.14. The fourth-order valence-electron chi connectivity index (χ4n) is 1.70. The van der Waals surface area contributed by atoms with Crippen LogP contribution in [0.25, 0.3) is 0 Å². The first-order valence-corrected chi connectivity index (χ1v) is 6.16. The highest BCUT2D eigenvalue weighted by Gasteiger charge is 2.03. The topological polar surface area (TPSA) is 39.1 Å². The minimum atomic E-state index is 0.657. The van der Waals surface area contributed by atoms with Crippen LogP contribution in [0.4, 0.5) is 5.95 Å². The summed E-state index contributed by atoms with van der Waals surface area (Å²) in [6.45, 7) is 2.14. The molecule has 2 aromatic rings. The maximum Gasteiger partial charge on any atom is 0.203 e. The molecular formula is C13H16ClN3O. The van der Waals surface area contributed by atoms with Gasteiger partial charge in [-0.25, -0.2) is 4.98 Å². The summed E-state index contributed by atoms with van der Waals surface area (Å²) < 4.78 is 7.04. The van der Waals surface area contributed by atoms with Crippen LogP contribution in [0.15, 0.2) is 36.7 Å². The molecule has 0 aliphatic carbocycles. The van der Waals surface area contributed by atoms with Crippen molar-refractivity contribution < 1.29 is 4.74 Å². The van der Waals surface area contributed by atoms with Crippen LogP contribution in [0.5, 0.6) is 0 Å². The molecule has 5 heteroatoms. The molecule has 0 unspecified atom stereocenters. The van der Waals surface area contributed by atoms with Crippen LogP contribution < -0.4 is 5.32 Å². The van der Waals surface area contributed by atoms with E-state index in [2.05, 4.69) is 10.3 Å². The van der Waals surface area contributed by atoms with Crippen LogP contribution >= 0.6 is 11.6 Å². The Kier molecular flexibility index (Phi) is 4.61. The highest BCUT2D eigenvalue weighted by atomic mass is 35.5. The van der Waals surface area contributed by atoms with Crippen molar-refractivity contribution in [1.82, 2.24) is 9.55 Å². The van der Waals surface area contributed by atoms with E-state index in [1.54, 1.807) is 13.3 Å². The second-order valence-corrected chi connectivity index (χ2v) is 4.36. The maximum absolute atomic E-state index is 5.97. The molecule has 0 aliphatic rings. The number of nitrogens with zero attached hydrogens (tertiary/aromatic N) is 2. The average Bonchev–Trinajstić information content (AvgIpc) is 2.77. The Morgan fingerprint density at radius 1 is 1.44 bits per heavy atom. The van der Waals surface area contributed by atoms with Gasteiger partial charge in [0.2, 0.25) is 5.95 Å². The number of anilines is 1. The third-order valence-electron chi connectivity index (χ3n) is 2.55. The van der Waals surface area contributed by atoms with E-state index in [9.17, 15) is 0 Å². The lowest BCUT2D eigenvalue weighted by Crippen LogP contribution is -2.12. The smallest absolute Gasteiger partial charge is 0.203 e. The molecule has 0 amide bonds. The van der Waals surface area contributed by atoms with Crippen LogP contribution in [0.1, 0.15) is 5.56 Å². The fraction of sp³-hybridized carbons (Fsp3) is 0.308. The molecule has 0 spiro atoms. The third-order valence-corrected chi connectivity index (χ3v) is 2.78. The second kappa shape index (κ2) is 6.42. The summed E-state index contributed by atoms with van der Waals surface area (Å²) >= 11 is 5.97. The summed E-state index contributed by atoms with van der Waals surface area (Å²) in [6.07, 6.45) is 3.72. The molecule has 0 radical (unpaired) electrons. The molecule has 2 rings (SSSR count). The van der Waals surface area contributed by atoms with Crippen molar-refractivity contribution in [2.24, 2.45) is 0 Å². The monoisotopic (exact) mass is 265 g/mol. The van der Waals surface area contributed by atoms with Gasteiger partial charge in [-0.15, -0.1) is 0 Å². The van der Waals surface area contributed by atoms with Gasteiger partial charge in [0.05, 0.1) is 13.2 Å². The van der Waals surface area contributed by atoms with Gasteiger partial charge in [-0.05, 0) is 17.7 Å². The van der Waals surface area contributed by atoms with Gasteiger partial charge in [0.1, 0.15) is 0 Å². The minimum Gasteiger partial charge on any atom is -0.383 e. The van der Waals surface area contributed by atoms with E-state index in [-0.39, 0.29) is 0 Å². The number of benzene rings is 1. The Bertz CT molecular complexity index is 498. The summed E-state index contributed by atoms with van der Waals surface area (Å²) in [4.78, 5) is 4.27. The largest absolute Gasteiger partial charge is 0.383 e. The highest BCUT2D eigenvalue weighted by molar-refractivity contribution is 6.30. The molecule has 0 bridgehead atoms. The summed E-state index contributed by atoms with van der Waals surface area (Å²) in [7, 11) is 1.68. The Morgan fingerprint density at radius 2 is 2.33 bits per heavy atom. The lowest BCUT2D eigenvalue weighted by Gasteiger charge is -2.09. The SMILES string of the molecule is COCCNc1nccn1Cc1cccc(Cl)c1. The summed E-state index contributed by atoms with van der Waals surface area (Å²) in [5, 5.41) is 3.97. The molecule has 1 aromatic carbocycles. The normalized spacial score (nSPS) is 10.6. The zero-order valence-corrected chi connectivity index (χ0v) is 11.0. The number of rotatable bonds is 6. The van der Waals surface area contributed by atoms with E-state index in [0.717, 1.165) is 29.6 Å². The van der Waals surface area contributed by atoms with Crippen molar-refractivity contribution in [1.29, 1.82) is 0 Å². The number of aromatic nitrogens is 2. The van der Waals surface area contributed by atoms with Gasteiger partial charge in [-0.3, -0.25) is 0 Å². The average molecular weight is 266 g/mol. The van der Waals surface area contributed by atoms with Crippen molar-refractivity contribution in [3.8, 4) is 0 Å². The molecule has 18 heavy (non-hydrogen) atoms. The van der Waals surface area contributed by atoms with Crippen molar-refractivity contribution >= 4 is 17.5 Å². The van der Waals surface area contributed by atoms with Gasteiger partial charge < -0.3 is 14.6 Å². The Labute approximate surface area is 112 Å². The standard InChI is InChI=1S/C13H16ClN3O/c1-18-8-6-16-13-15-5-7-17(13)10-11-3-2-4-12(14)9-11/h2-5,7,9H,6,8,10H2,1H3,(H,15,16). The molecule has 0 atom stereocenters. The van der Waals surface area contributed by atoms with Crippen LogP contribution in [-0.2, 0) is 11.3 Å². The number of halogens is 1. The van der Waals surface area contributed by atoms with E-state index >= 15 is 0 Å². The molecule has 0 aliphatic heterocycles. The zero-order chi connectivity index (χ0) is 12.8. The maximum atomic E-state index is 5.97. The lowest BCUT2D eigenvalue weighted by atomic mass is 10.2. The molecule has 0 fully saturated rings. The van der Waals surface area contributed by atoms with E-state index in [1.165, 1.54) is 0 Å². The van der Waals surface area contributed by atoms with Gasteiger partial charge in [-0.2, -0.15) is 0 Å². The van der Waals surface area contributed by atoms with E-state index in [4.69, 9.17) is 16.3 Å². The lowest BCUT2D eigenvalue weighted by molar-refractivity contribution is 0.210. The Balaban J connectivity index is 2.03. The van der Waals surface area contributed by atoms with E-state index in [1.807, 2.05) is 35.0 Å². The molecule has 1 N–H and O–H groups in total. The molecule has 4 nitrogen and oxygen atoms in total. The van der Waals surface area contributed by atoms with Gasteiger partial charge in [0.25, 0.3) is 0 Å². The first-order chi connectivity index (χ1) is 8.79. The van der Waals surface area contributed by atoms with Crippen LogP contribution in [0.3, 0.4) is 0 Å². The van der Waals surface area contributed by atoms with E-state index < -0.39 is 0 Å². The van der Waals surface area contributed by atoms with Gasteiger partial charge in [0.15, 0.2) is 0 Å². The first-order valence-electron chi connectivity index (χ1n) is 5.78. The quantitative estimate of drug-likeness (QED) is 0.816. The molecule has 1 aromatic heterocycles. The number of nitrogens with one attached hydrogen (secondary N) is 1. The summed E-state index contributed by atoms with van der Waals surface area (Å²) in [5.74, 6) is 0.840. The van der Waals surface area contributed by atoms with Gasteiger partial charge >= 0.3 is 0 Å². The van der Waals surface area contributed by atoms with Crippen LogP contribution in [-0.4, -0.2) is 29.8 Å². The van der Waals surface area contributed by atoms with Gasteiger partial charge in [0, 0.05) is 31.1 Å². The Hall–Kier alpha value is -1.52. The molecule has 0 saturated carbocycles. The molecule has 0 saturated heterocycles. The number of imidazole rings is 1. The molecular weight excluding hydrogens is 250 g/mol. The van der Waals surface area contributed by atoms with Crippen LogP contribution in [0, 0.1) is 0 Å². The predicted molar refractivity (Wildman–Crippen MR) is 73.1 cm³/mol. The number of hydrogen-bond donors (Lipinski definition) is 1. The molecule has 96 valence electrons. The minimum absolute atomic E-state index is 0.657. The van der Waals surface area contributed by atoms with Crippen LogP contribution in [0.2, 0.25) is 5.02 Å². The number of ether oxygens (including phenoxy) is 1. The summed E-state index contributed by atoms with van der Waals surface area (Å²) in [5.41, 5.74) is 1.15. The van der Waals surface area contributed by atoms with Crippen molar-refractivity contribution in [2.45, 2.75) is 6.54 Å². The predicted octanol–water partition coefficient (Wildman–Crippen LogP) is 2.64. The summed E-state index contributed by atoms with van der Waals surface area (Å²) in [6, 6.07) is 7.83.